The van der Waals surface area contributed by atoms with E-state index in [1.807, 2.05) is 17.4 Å². The van der Waals surface area contributed by atoms with Crippen LogP contribution in [0.3, 0.4) is 0 Å². The van der Waals surface area contributed by atoms with Crippen molar-refractivity contribution in [3.63, 3.8) is 0 Å². The van der Waals surface area contributed by atoms with Gasteiger partial charge in [-0.1, -0.05) is 146 Å². The zero-order chi connectivity index (χ0) is 39.6. The Morgan fingerprint density at radius 3 is 1.67 bits per heavy atom. The van der Waals surface area contributed by atoms with Crippen molar-refractivity contribution in [2.45, 2.75) is 0 Å². The van der Waals surface area contributed by atoms with Crippen LogP contribution in [0.1, 0.15) is 0 Å². The van der Waals surface area contributed by atoms with Crippen molar-refractivity contribution in [1.82, 2.24) is 4.57 Å². The minimum atomic E-state index is 0.866. The van der Waals surface area contributed by atoms with Crippen LogP contribution in [0, 0.1) is 0 Å². The molecule has 282 valence electrons. The highest BCUT2D eigenvalue weighted by Crippen LogP contribution is 2.43. The van der Waals surface area contributed by atoms with Crippen LogP contribution in [0.4, 0.5) is 17.1 Å². The van der Waals surface area contributed by atoms with Crippen molar-refractivity contribution >= 4 is 81.5 Å². The van der Waals surface area contributed by atoms with E-state index in [0.29, 0.717) is 0 Å². The number of para-hydroxylation sites is 2. The van der Waals surface area contributed by atoms with E-state index in [9.17, 15) is 0 Å². The van der Waals surface area contributed by atoms with Crippen LogP contribution in [0.15, 0.2) is 223 Å². The Morgan fingerprint density at radius 1 is 0.400 bits per heavy atom. The number of hydrogen-bond donors (Lipinski definition) is 0. The molecule has 0 fully saturated rings. The number of anilines is 3. The number of furan rings is 1. The second-order valence-electron chi connectivity index (χ2n) is 15.3. The monoisotopic (exact) mass is 784 g/mol. The van der Waals surface area contributed by atoms with Gasteiger partial charge >= 0.3 is 0 Å². The minimum Gasteiger partial charge on any atom is -0.439 e. The predicted molar refractivity (Wildman–Crippen MR) is 254 cm³/mol. The highest BCUT2D eigenvalue weighted by Gasteiger charge is 2.20. The first kappa shape index (κ1) is 34.4. The molecule has 0 aliphatic heterocycles. The van der Waals surface area contributed by atoms with Crippen LogP contribution in [0.2, 0.25) is 0 Å². The fourth-order valence-electron chi connectivity index (χ4n) is 8.95. The lowest BCUT2D eigenvalue weighted by Crippen LogP contribution is -2.09. The van der Waals surface area contributed by atoms with Gasteiger partial charge in [0.15, 0.2) is 0 Å². The van der Waals surface area contributed by atoms with Gasteiger partial charge in [0.1, 0.15) is 5.58 Å². The Bertz CT molecular complexity index is 3510. The summed E-state index contributed by atoms with van der Waals surface area (Å²) in [5.74, 6) is 0. The van der Waals surface area contributed by atoms with Crippen molar-refractivity contribution in [3.8, 4) is 39.1 Å². The van der Waals surface area contributed by atoms with E-state index in [0.717, 1.165) is 61.5 Å². The maximum atomic E-state index is 6.63. The van der Waals surface area contributed by atoms with Gasteiger partial charge in [-0.05, 0) is 106 Å². The van der Waals surface area contributed by atoms with E-state index >= 15 is 0 Å². The second-order valence-corrected chi connectivity index (χ2v) is 16.4. The maximum Gasteiger partial charge on any atom is 0.213 e. The molecule has 0 bridgehead atoms. The number of aromatic nitrogens is 1. The third-order valence-corrected chi connectivity index (χ3v) is 13.1. The number of rotatable bonds is 7. The average molecular weight is 785 g/mol. The van der Waals surface area contributed by atoms with Gasteiger partial charge in [0.2, 0.25) is 5.71 Å². The Balaban J connectivity index is 0.937. The number of fused-ring (bicyclic) bond motifs is 8. The summed E-state index contributed by atoms with van der Waals surface area (Å²) in [4.78, 5) is 2.35. The summed E-state index contributed by atoms with van der Waals surface area (Å²) >= 11 is 1.87. The summed E-state index contributed by atoms with van der Waals surface area (Å²) in [6.45, 7) is 0. The summed E-state index contributed by atoms with van der Waals surface area (Å²) in [6, 6.07) is 78.5. The van der Waals surface area contributed by atoms with Crippen LogP contribution >= 0.6 is 11.3 Å². The van der Waals surface area contributed by atoms with Crippen LogP contribution < -0.4 is 4.90 Å². The molecule has 60 heavy (non-hydrogen) atoms. The van der Waals surface area contributed by atoms with Crippen LogP contribution in [-0.2, 0) is 0 Å². The first-order valence-corrected chi connectivity index (χ1v) is 21.1. The molecule has 4 heteroatoms. The lowest BCUT2D eigenvalue weighted by atomic mass is 10.0. The molecule has 9 aromatic carbocycles. The van der Waals surface area contributed by atoms with Crippen molar-refractivity contribution in [1.29, 1.82) is 0 Å². The summed E-state index contributed by atoms with van der Waals surface area (Å²) in [5.41, 5.74) is 14.4. The molecule has 0 unspecified atom stereocenters. The Morgan fingerprint density at radius 2 is 0.950 bits per heavy atom. The van der Waals surface area contributed by atoms with Crippen molar-refractivity contribution in [2.24, 2.45) is 0 Å². The Labute approximate surface area is 351 Å². The van der Waals surface area contributed by atoms with Crippen molar-refractivity contribution in [2.75, 3.05) is 4.90 Å². The lowest BCUT2D eigenvalue weighted by Gasteiger charge is -2.26. The fourth-order valence-corrected chi connectivity index (χ4v) is 10.2. The number of thiophene rings is 1. The van der Waals surface area contributed by atoms with Gasteiger partial charge in [0.05, 0.1) is 10.9 Å². The molecule has 0 atom stereocenters. The summed E-state index contributed by atoms with van der Waals surface area (Å²) in [6.07, 6.45) is 0. The van der Waals surface area contributed by atoms with Crippen LogP contribution in [0.5, 0.6) is 0 Å². The summed E-state index contributed by atoms with van der Waals surface area (Å²) < 4.78 is 11.5. The van der Waals surface area contributed by atoms with Gasteiger partial charge in [-0.2, -0.15) is 0 Å². The Kier molecular flexibility index (Phi) is 8.03. The number of benzene rings is 9. The summed E-state index contributed by atoms with van der Waals surface area (Å²) in [5, 5.41) is 6.07. The molecule has 0 saturated heterocycles. The average Bonchev–Trinajstić information content (AvgIpc) is 3.99. The van der Waals surface area contributed by atoms with Crippen LogP contribution in [-0.4, -0.2) is 4.57 Å². The zero-order valence-corrected chi connectivity index (χ0v) is 33.3. The molecular formula is C56H36N2OS. The SMILES string of the molecule is c1ccc(-c2ccc(N(c3ccc(-c4ccc5oc6c(c5c4)c4ccccc4n6-c4ccccc4)cc3)c3ccc(-c4cccc5c4sc4ccccc45)cc3)cc2)cc1. The van der Waals surface area contributed by atoms with Gasteiger partial charge in [-0.15, -0.1) is 11.3 Å². The molecule has 0 amide bonds. The van der Waals surface area contributed by atoms with Gasteiger partial charge < -0.3 is 9.32 Å². The third kappa shape index (κ3) is 5.65. The molecule has 0 N–H and O–H groups in total. The van der Waals surface area contributed by atoms with Gasteiger partial charge in [0.25, 0.3) is 0 Å². The number of hydrogen-bond acceptors (Lipinski definition) is 3. The molecule has 3 heterocycles. The predicted octanol–water partition coefficient (Wildman–Crippen LogP) is 16.4. The standard InChI is InChI=1S/C56H36N2OS/c1-3-12-37(13-4-1)38-22-29-43(30-23-38)57(45-33-26-40(27-34-45)46-18-11-19-48-47-16-8-10-21-53(47)60-55(46)48)44-31-24-39(25-32-44)41-28-35-52-50(36-41)54-49-17-7-9-20-51(49)58(56(54)59-52)42-14-5-2-6-15-42/h1-36H. The molecule has 3 aromatic heterocycles. The van der Waals surface area contributed by atoms with E-state index in [4.69, 9.17) is 4.42 Å². The highest BCUT2D eigenvalue weighted by atomic mass is 32.1. The smallest absolute Gasteiger partial charge is 0.213 e. The molecule has 3 nitrogen and oxygen atoms in total. The van der Waals surface area contributed by atoms with E-state index in [1.54, 1.807) is 0 Å². The van der Waals surface area contributed by atoms with E-state index in [2.05, 4.69) is 222 Å². The van der Waals surface area contributed by atoms with E-state index in [1.165, 1.54) is 47.8 Å². The van der Waals surface area contributed by atoms with Gasteiger partial charge in [0, 0.05) is 53.7 Å². The molecular weight excluding hydrogens is 749 g/mol. The van der Waals surface area contributed by atoms with Gasteiger partial charge in [-0.25, -0.2) is 0 Å². The quantitative estimate of drug-likeness (QED) is 0.161. The highest BCUT2D eigenvalue weighted by molar-refractivity contribution is 7.26. The molecule has 0 aliphatic carbocycles. The number of nitrogens with zero attached hydrogens (tertiary/aromatic N) is 2. The van der Waals surface area contributed by atoms with Crippen LogP contribution in [0.25, 0.3) is 92.2 Å². The zero-order valence-electron chi connectivity index (χ0n) is 32.5. The molecule has 12 rings (SSSR count). The molecule has 0 spiro atoms. The van der Waals surface area contributed by atoms with Gasteiger partial charge in [-0.3, -0.25) is 4.57 Å². The first-order chi connectivity index (χ1) is 29.7. The van der Waals surface area contributed by atoms with Crippen molar-refractivity contribution < 1.29 is 4.42 Å². The fraction of sp³-hybridized carbons (Fsp3) is 0. The normalized spacial score (nSPS) is 11.7. The topological polar surface area (TPSA) is 21.3 Å². The van der Waals surface area contributed by atoms with Crippen molar-refractivity contribution in [3.05, 3.63) is 218 Å². The minimum absolute atomic E-state index is 0.866. The lowest BCUT2D eigenvalue weighted by molar-refractivity contribution is 0.645. The molecule has 0 saturated carbocycles. The molecule has 12 aromatic rings. The third-order valence-electron chi connectivity index (χ3n) is 11.8. The summed E-state index contributed by atoms with van der Waals surface area (Å²) in [7, 11) is 0. The maximum absolute atomic E-state index is 6.63. The van der Waals surface area contributed by atoms with E-state index in [-0.39, 0.29) is 0 Å². The molecule has 0 radical (unpaired) electrons. The first-order valence-electron chi connectivity index (χ1n) is 20.3. The second kappa shape index (κ2) is 14.0. The molecule has 0 aliphatic rings. The largest absolute Gasteiger partial charge is 0.439 e. The van der Waals surface area contributed by atoms with E-state index < -0.39 is 0 Å². The Hall–Kier alpha value is -7.66.